The molecule has 0 aliphatic heterocycles. The Hall–Kier alpha value is -2.67. The van der Waals surface area contributed by atoms with E-state index in [0.717, 1.165) is 5.69 Å². The predicted molar refractivity (Wildman–Crippen MR) is 86.2 cm³/mol. The van der Waals surface area contributed by atoms with Crippen molar-refractivity contribution in [2.24, 2.45) is 0 Å². The number of hydrogen-bond donors (Lipinski definition) is 0. The van der Waals surface area contributed by atoms with Gasteiger partial charge in [-0.1, -0.05) is 6.07 Å². The Morgan fingerprint density at radius 3 is 2.96 bits per heavy atom. The van der Waals surface area contributed by atoms with Gasteiger partial charge in [-0.25, -0.2) is 9.78 Å². The average molecular weight is 330 g/mol. The Kier molecular flexibility index (Phi) is 4.12. The Morgan fingerprint density at radius 1 is 1.35 bits per heavy atom. The van der Waals surface area contributed by atoms with Crippen LogP contribution < -0.4 is 10.3 Å². The molecule has 6 nitrogen and oxygen atoms in total. The number of ether oxygens (including phenoxy) is 2. The summed E-state index contributed by atoms with van der Waals surface area (Å²) in [7, 11) is 1.53. The Bertz CT molecular complexity index is 929. The highest BCUT2D eigenvalue weighted by molar-refractivity contribution is 7.15. The number of rotatable bonds is 4. The van der Waals surface area contributed by atoms with Gasteiger partial charge in [-0.3, -0.25) is 9.20 Å². The molecule has 0 saturated heterocycles. The maximum absolute atomic E-state index is 12.1. The number of aryl methyl sites for hydroxylation is 1. The number of nitrogens with zero attached hydrogens (tertiary/aromatic N) is 2. The molecule has 0 saturated carbocycles. The lowest BCUT2D eigenvalue weighted by Crippen LogP contribution is -2.16. The molecule has 118 valence electrons. The van der Waals surface area contributed by atoms with E-state index in [2.05, 4.69) is 4.98 Å². The van der Waals surface area contributed by atoms with Crippen molar-refractivity contribution in [1.82, 2.24) is 9.38 Å². The minimum Gasteiger partial charge on any atom is -0.497 e. The van der Waals surface area contributed by atoms with Crippen LogP contribution in [0, 0.1) is 6.92 Å². The maximum Gasteiger partial charge on any atom is 0.338 e. The van der Waals surface area contributed by atoms with Crippen LogP contribution in [0.2, 0.25) is 0 Å². The summed E-state index contributed by atoms with van der Waals surface area (Å²) in [4.78, 5) is 29.0. The molecule has 0 amide bonds. The van der Waals surface area contributed by atoms with Gasteiger partial charge in [0.2, 0.25) is 0 Å². The van der Waals surface area contributed by atoms with Gasteiger partial charge >= 0.3 is 5.97 Å². The molecule has 23 heavy (non-hydrogen) atoms. The number of thiazole rings is 1. The van der Waals surface area contributed by atoms with Gasteiger partial charge < -0.3 is 9.47 Å². The Morgan fingerprint density at radius 2 is 2.17 bits per heavy atom. The van der Waals surface area contributed by atoms with Crippen molar-refractivity contribution in [3.63, 3.8) is 0 Å². The number of esters is 1. The van der Waals surface area contributed by atoms with Crippen molar-refractivity contribution < 1.29 is 14.3 Å². The minimum atomic E-state index is -0.492. The first-order chi connectivity index (χ1) is 11.1. The van der Waals surface area contributed by atoms with Gasteiger partial charge in [-0.05, 0) is 25.1 Å². The third-order valence-corrected chi connectivity index (χ3v) is 4.23. The minimum absolute atomic E-state index is 0.0568. The highest BCUT2D eigenvalue weighted by Gasteiger charge is 2.11. The van der Waals surface area contributed by atoms with E-state index in [-0.39, 0.29) is 12.2 Å². The van der Waals surface area contributed by atoms with Gasteiger partial charge in [0.05, 0.1) is 18.4 Å². The molecule has 1 aromatic carbocycles. The topological polar surface area (TPSA) is 69.9 Å². The summed E-state index contributed by atoms with van der Waals surface area (Å²) < 4.78 is 11.8. The number of carbonyl (C=O) groups is 1. The van der Waals surface area contributed by atoms with Gasteiger partial charge in [0.1, 0.15) is 12.4 Å². The number of benzene rings is 1. The fraction of sp³-hybridized carbons (Fsp3) is 0.188. The zero-order chi connectivity index (χ0) is 16.4. The van der Waals surface area contributed by atoms with Crippen molar-refractivity contribution >= 4 is 22.3 Å². The normalized spacial score (nSPS) is 10.7. The predicted octanol–water partition coefficient (Wildman–Crippen LogP) is 2.43. The monoisotopic (exact) mass is 330 g/mol. The van der Waals surface area contributed by atoms with Crippen molar-refractivity contribution in [2.45, 2.75) is 13.5 Å². The third kappa shape index (κ3) is 3.09. The van der Waals surface area contributed by atoms with E-state index in [0.29, 0.717) is 22.0 Å². The second kappa shape index (κ2) is 6.21. The van der Waals surface area contributed by atoms with E-state index in [9.17, 15) is 9.59 Å². The van der Waals surface area contributed by atoms with Gasteiger partial charge in [0, 0.05) is 17.1 Å². The van der Waals surface area contributed by atoms with Crippen LogP contribution >= 0.6 is 11.3 Å². The van der Waals surface area contributed by atoms with Crippen molar-refractivity contribution in [3.8, 4) is 5.75 Å². The first-order valence-corrected chi connectivity index (χ1v) is 7.74. The largest absolute Gasteiger partial charge is 0.497 e. The Balaban J connectivity index is 1.77. The van der Waals surface area contributed by atoms with Crippen molar-refractivity contribution in [1.29, 1.82) is 0 Å². The van der Waals surface area contributed by atoms with Crippen LogP contribution in [0.15, 0.2) is 40.5 Å². The molecule has 7 heteroatoms. The zero-order valence-corrected chi connectivity index (χ0v) is 13.4. The summed E-state index contributed by atoms with van der Waals surface area (Å²) >= 11 is 1.37. The molecule has 2 aromatic heterocycles. The fourth-order valence-electron chi connectivity index (χ4n) is 2.15. The van der Waals surface area contributed by atoms with E-state index >= 15 is 0 Å². The van der Waals surface area contributed by atoms with E-state index in [1.807, 2.05) is 12.3 Å². The smallest absolute Gasteiger partial charge is 0.338 e. The number of hydrogen-bond acceptors (Lipinski definition) is 6. The van der Waals surface area contributed by atoms with Gasteiger partial charge in [-0.15, -0.1) is 11.3 Å². The molecule has 3 rings (SSSR count). The van der Waals surface area contributed by atoms with Crippen molar-refractivity contribution in [3.05, 3.63) is 63.0 Å². The molecule has 0 spiro atoms. The van der Waals surface area contributed by atoms with Crippen LogP contribution in [-0.2, 0) is 11.3 Å². The number of carbonyl (C=O) groups excluding carboxylic acids is 1. The second-order valence-electron chi connectivity index (χ2n) is 4.89. The third-order valence-electron chi connectivity index (χ3n) is 3.29. The first-order valence-electron chi connectivity index (χ1n) is 6.86. The SMILES string of the molecule is COc1cccc(C(=O)OCc2cc(=O)n3c(C)csc3n2)c1. The molecule has 0 aliphatic carbocycles. The second-order valence-corrected chi connectivity index (χ2v) is 5.73. The standard InChI is InChI=1S/C16H14N2O4S/c1-10-9-23-16-17-12(7-14(19)18(10)16)8-22-15(20)11-4-3-5-13(6-11)21-2/h3-7,9H,8H2,1-2H3. The fourth-order valence-corrected chi connectivity index (χ4v) is 3.04. The van der Waals surface area contributed by atoms with Crippen LogP contribution in [0.3, 0.4) is 0 Å². The average Bonchev–Trinajstić information content (AvgIpc) is 2.94. The Labute approximate surface area is 135 Å². The molecule has 3 aromatic rings. The van der Waals surface area contributed by atoms with Crippen LogP contribution in [0.4, 0.5) is 0 Å². The first kappa shape index (κ1) is 15.2. The van der Waals surface area contributed by atoms with E-state index in [1.54, 1.807) is 24.3 Å². The molecule has 0 radical (unpaired) electrons. The van der Waals surface area contributed by atoms with Crippen LogP contribution in [0.5, 0.6) is 5.75 Å². The molecule has 0 N–H and O–H groups in total. The highest BCUT2D eigenvalue weighted by Crippen LogP contribution is 2.15. The highest BCUT2D eigenvalue weighted by atomic mass is 32.1. The molecule has 0 unspecified atom stereocenters. The van der Waals surface area contributed by atoms with E-state index in [4.69, 9.17) is 9.47 Å². The van der Waals surface area contributed by atoms with Gasteiger partial charge in [0.15, 0.2) is 4.96 Å². The summed E-state index contributed by atoms with van der Waals surface area (Å²) in [5, 5.41) is 1.86. The lowest BCUT2D eigenvalue weighted by Gasteiger charge is -2.06. The lowest BCUT2D eigenvalue weighted by atomic mass is 10.2. The molecule has 0 bridgehead atoms. The lowest BCUT2D eigenvalue weighted by molar-refractivity contribution is 0.0467. The molecule has 2 heterocycles. The van der Waals surface area contributed by atoms with Gasteiger partial charge in [0.25, 0.3) is 5.56 Å². The molecular formula is C16H14N2O4S. The number of aromatic nitrogens is 2. The van der Waals surface area contributed by atoms with Crippen LogP contribution in [0.1, 0.15) is 21.7 Å². The summed E-state index contributed by atoms with van der Waals surface area (Å²) in [5.74, 6) is 0.0829. The molecule has 0 aliphatic rings. The zero-order valence-electron chi connectivity index (χ0n) is 12.6. The number of fused-ring (bicyclic) bond motifs is 1. The maximum atomic E-state index is 12.1. The summed E-state index contributed by atoms with van der Waals surface area (Å²) in [6.07, 6.45) is 0. The van der Waals surface area contributed by atoms with E-state index < -0.39 is 5.97 Å². The molecular weight excluding hydrogens is 316 g/mol. The molecule has 0 fully saturated rings. The van der Waals surface area contributed by atoms with E-state index in [1.165, 1.54) is 28.9 Å². The van der Waals surface area contributed by atoms with Crippen LogP contribution in [-0.4, -0.2) is 22.5 Å². The summed E-state index contributed by atoms with van der Waals surface area (Å²) in [6, 6.07) is 8.06. The van der Waals surface area contributed by atoms with Gasteiger partial charge in [-0.2, -0.15) is 0 Å². The quantitative estimate of drug-likeness (QED) is 0.687. The van der Waals surface area contributed by atoms with Crippen LogP contribution in [0.25, 0.3) is 4.96 Å². The molecule has 0 atom stereocenters. The van der Waals surface area contributed by atoms with Crippen molar-refractivity contribution in [2.75, 3.05) is 7.11 Å². The summed E-state index contributed by atoms with van der Waals surface area (Å²) in [6.45, 7) is 1.79. The number of methoxy groups -OCH3 is 1. The summed E-state index contributed by atoms with van der Waals surface area (Å²) in [5.41, 5.74) is 1.46.